The van der Waals surface area contributed by atoms with E-state index in [0.29, 0.717) is 19.0 Å². The summed E-state index contributed by atoms with van der Waals surface area (Å²) in [5, 5.41) is 11.5. The third-order valence-electron chi connectivity index (χ3n) is 3.07. The van der Waals surface area contributed by atoms with E-state index in [1.807, 2.05) is 13.8 Å². The zero-order valence-corrected chi connectivity index (χ0v) is 14.1. The first-order valence-electron chi connectivity index (χ1n) is 7.30. The van der Waals surface area contributed by atoms with Crippen LogP contribution in [0.3, 0.4) is 0 Å². The Morgan fingerprint density at radius 2 is 1.95 bits per heavy atom. The predicted molar refractivity (Wildman–Crippen MR) is 89.9 cm³/mol. The highest BCUT2D eigenvalue weighted by atomic mass is 32.1. The van der Waals surface area contributed by atoms with Gasteiger partial charge >= 0.3 is 0 Å². The summed E-state index contributed by atoms with van der Waals surface area (Å²) in [6.07, 6.45) is 0. The second-order valence-corrected chi connectivity index (χ2v) is 6.22. The number of guanidine groups is 1. The van der Waals surface area contributed by atoms with Crippen LogP contribution in [0.4, 0.5) is 0 Å². The van der Waals surface area contributed by atoms with Gasteiger partial charge in [-0.2, -0.15) is 0 Å². The van der Waals surface area contributed by atoms with Crippen LogP contribution in [0.15, 0.2) is 22.5 Å². The van der Waals surface area contributed by atoms with E-state index in [-0.39, 0.29) is 11.8 Å². The Kier molecular flexibility index (Phi) is 7.82. The number of carbonyl (C=O) groups excluding carboxylic acids is 1. The van der Waals surface area contributed by atoms with E-state index in [1.165, 1.54) is 4.88 Å². The lowest BCUT2D eigenvalue weighted by atomic mass is 10.1. The summed E-state index contributed by atoms with van der Waals surface area (Å²) in [5.41, 5.74) is 0. The molecule has 0 radical (unpaired) electrons. The summed E-state index contributed by atoms with van der Waals surface area (Å²) < 4.78 is 0. The number of amides is 1. The van der Waals surface area contributed by atoms with E-state index in [9.17, 15) is 4.79 Å². The van der Waals surface area contributed by atoms with Crippen molar-refractivity contribution in [1.29, 1.82) is 0 Å². The molecule has 1 unspecified atom stereocenters. The molecule has 0 aliphatic heterocycles. The van der Waals surface area contributed by atoms with Crippen LogP contribution < -0.4 is 16.0 Å². The Morgan fingerprint density at radius 3 is 2.52 bits per heavy atom. The van der Waals surface area contributed by atoms with Gasteiger partial charge in [-0.3, -0.25) is 9.79 Å². The maximum Gasteiger partial charge on any atom is 0.222 e. The van der Waals surface area contributed by atoms with Crippen molar-refractivity contribution < 1.29 is 4.79 Å². The molecule has 0 spiro atoms. The van der Waals surface area contributed by atoms with Crippen molar-refractivity contribution in [3.8, 4) is 0 Å². The molecule has 1 aromatic heterocycles. The van der Waals surface area contributed by atoms with Gasteiger partial charge in [-0.05, 0) is 11.4 Å². The minimum Gasteiger partial charge on any atom is -0.356 e. The molecular weight excluding hydrogens is 284 g/mol. The number of hydrogen-bond donors (Lipinski definition) is 3. The molecule has 3 N–H and O–H groups in total. The van der Waals surface area contributed by atoms with Gasteiger partial charge in [-0.25, -0.2) is 0 Å². The Bertz CT molecular complexity index is 443. The molecule has 0 saturated carbocycles. The summed E-state index contributed by atoms with van der Waals surface area (Å²) in [6.45, 7) is 8.04. The second kappa shape index (κ2) is 9.39. The monoisotopic (exact) mass is 310 g/mol. The van der Waals surface area contributed by atoms with Crippen molar-refractivity contribution in [3.63, 3.8) is 0 Å². The van der Waals surface area contributed by atoms with Crippen LogP contribution in [0.25, 0.3) is 0 Å². The van der Waals surface area contributed by atoms with Gasteiger partial charge in [-0.1, -0.05) is 26.8 Å². The van der Waals surface area contributed by atoms with Crippen LogP contribution in [-0.4, -0.2) is 38.5 Å². The number of hydrogen-bond acceptors (Lipinski definition) is 3. The molecule has 1 heterocycles. The highest BCUT2D eigenvalue weighted by Crippen LogP contribution is 2.19. The van der Waals surface area contributed by atoms with Crippen molar-refractivity contribution in [2.45, 2.75) is 26.7 Å². The summed E-state index contributed by atoms with van der Waals surface area (Å²) in [6, 6.07) is 4.22. The fourth-order valence-electron chi connectivity index (χ4n) is 1.71. The number of carbonyl (C=O) groups is 1. The smallest absolute Gasteiger partial charge is 0.222 e. The number of thiophene rings is 1. The van der Waals surface area contributed by atoms with E-state index < -0.39 is 0 Å². The number of nitrogens with one attached hydrogen (secondary N) is 3. The molecule has 118 valence electrons. The zero-order chi connectivity index (χ0) is 15.7. The van der Waals surface area contributed by atoms with Gasteiger partial charge in [0.1, 0.15) is 0 Å². The van der Waals surface area contributed by atoms with E-state index >= 15 is 0 Å². The summed E-state index contributed by atoms with van der Waals surface area (Å²) in [7, 11) is 1.75. The van der Waals surface area contributed by atoms with Gasteiger partial charge < -0.3 is 16.0 Å². The van der Waals surface area contributed by atoms with Gasteiger partial charge in [-0.15, -0.1) is 11.3 Å². The quantitative estimate of drug-likeness (QED) is 0.409. The van der Waals surface area contributed by atoms with Crippen molar-refractivity contribution >= 4 is 23.2 Å². The minimum atomic E-state index is 0.0223. The first-order valence-corrected chi connectivity index (χ1v) is 8.18. The summed E-state index contributed by atoms with van der Waals surface area (Å²) in [4.78, 5) is 17.0. The van der Waals surface area contributed by atoms with Gasteiger partial charge in [0, 0.05) is 43.4 Å². The fourth-order valence-corrected chi connectivity index (χ4v) is 2.50. The third-order valence-corrected chi connectivity index (χ3v) is 4.17. The highest BCUT2D eigenvalue weighted by molar-refractivity contribution is 7.10. The normalized spacial score (nSPS) is 13.1. The Labute approximate surface area is 131 Å². The molecule has 1 rings (SSSR count). The molecule has 1 amide bonds. The van der Waals surface area contributed by atoms with Crippen LogP contribution in [0.2, 0.25) is 0 Å². The molecule has 0 aliphatic rings. The maximum atomic E-state index is 11.4. The number of aliphatic imine (C=N–C) groups is 1. The molecule has 6 heteroatoms. The van der Waals surface area contributed by atoms with Crippen LogP contribution >= 0.6 is 11.3 Å². The van der Waals surface area contributed by atoms with E-state index in [1.54, 1.807) is 18.4 Å². The first-order chi connectivity index (χ1) is 10.0. The largest absolute Gasteiger partial charge is 0.356 e. The van der Waals surface area contributed by atoms with Gasteiger partial charge in [0.05, 0.1) is 0 Å². The van der Waals surface area contributed by atoms with E-state index in [4.69, 9.17) is 0 Å². The van der Waals surface area contributed by atoms with Crippen LogP contribution in [0, 0.1) is 5.92 Å². The fraction of sp³-hybridized carbons (Fsp3) is 0.600. The summed E-state index contributed by atoms with van der Waals surface area (Å²) >= 11 is 1.77. The van der Waals surface area contributed by atoms with Crippen molar-refractivity contribution in [2.24, 2.45) is 10.9 Å². The average Bonchev–Trinajstić information content (AvgIpc) is 3.00. The average molecular weight is 310 g/mol. The molecule has 0 bridgehead atoms. The molecule has 5 nitrogen and oxygen atoms in total. The van der Waals surface area contributed by atoms with Gasteiger partial charge in [0.15, 0.2) is 5.96 Å². The molecule has 1 atom stereocenters. The second-order valence-electron chi connectivity index (χ2n) is 5.24. The Morgan fingerprint density at radius 1 is 1.24 bits per heavy atom. The van der Waals surface area contributed by atoms with Crippen molar-refractivity contribution in [2.75, 3.05) is 26.7 Å². The lowest BCUT2D eigenvalue weighted by molar-refractivity contribution is -0.123. The molecule has 0 aliphatic carbocycles. The number of rotatable bonds is 7. The van der Waals surface area contributed by atoms with Gasteiger partial charge in [0.2, 0.25) is 5.91 Å². The topological polar surface area (TPSA) is 65.5 Å². The predicted octanol–water partition coefficient (Wildman–Crippen LogP) is 1.79. The third kappa shape index (κ3) is 6.62. The lowest BCUT2D eigenvalue weighted by Crippen LogP contribution is -2.43. The van der Waals surface area contributed by atoms with E-state index in [2.05, 4.69) is 45.4 Å². The minimum absolute atomic E-state index is 0.0223. The first kappa shape index (κ1) is 17.5. The van der Waals surface area contributed by atoms with Gasteiger partial charge in [0.25, 0.3) is 0 Å². The van der Waals surface area contributed by atoms with Crippen molar-refractivity contribution in [1.82, 2.24) is 16.0 Å². The molecular formula is C15H26N4OS. The maximum absolute atomic E-state index is 11.4. The molecule has 0 saturated heterocycles. The molecule has 21 heavy (non-hydrogen) atoms. The van der Waals surface area contributed by atoms with Crippen LogP contribution in [0.1, 0.15) is 31.6 Å². The Hall–Kier alpha value is -1.56. The molecule has 0 aromatic carbocycles. The van der Waals surface area contributed by atoms with Crippen LogP contribution in [0.5, 0.6) is 0 Å². The SMILES string of the molecule is CN=C(NCCNC(=O)C(C)C)NCC(C)c1cccs1. The van der Waals surface area contributed by atoms with Crippen LogP contribution in [-0.2, 0) is 4.79 Å². The lowest BCUT2D eigenvalue weighted by Gasteiger charge is -2.15. The standard InChI is InChI=1S/C15H26N4OS/c1-11(2)14(20)17-7-8-18-15(16-4)19-10-12(3)13-6-5-9-21-13/h5-6,9,11-12H,7-8,10H2,1-4H3,(H,17,20)(H2,16,18,19). The highest BCUT2D eigenvalue weighted by Gasteiger charge is 2.08. The molecule has 0 fully saturated rings. The van der Waals surface area contributed by atoms with Crippen molar-refractivity contribution in [3.05, 3.63) is 22.4 Å². The zero-order valence-electron chi connectivity index (χ0n) is 13.3. The number of nitrogens with zero attached hydrogens (tertiary/aromatic N) is 1. The Balaban J connectivity index is 2.22. The summed E-state index contributed by atoms with van der Waals surface area (Å²) in [5.74, 6) is 1.31. The molecule has 1 aromatic rings. The van der Waals surface area contributed by atoms with E-state index in [0.717, 1.165) is 12.5 Å².